The van der Waals surface area contributed by atoms with Gasteiger partial charge in [0.05, 0.1) is 52.1 Å². The van der Waals surface area contributed by atoms with Crippen LogP contribution in [0, 0.1) is 0 Å². The topological polar surface area (TPSA) is 77.1 Å². The Morgan fingerprint density at radius 3 is 2.19 bits per heavy atom. The van der Waals surface area contributed by atoms with E-state index in [0.717, 1.165) is 11.5 Å². The van der Waals surface area contributed by atoms with Gasteiger partial charge in [0.1, 0.15) is 23.0 Å². The molecule has 3 rings (SSSR count). The van der Waals surface area contributed by atoms with Crippen LogP contribution in [-0.4, -0.2) is 31.6 Å². The standard InChI is InChI=1S/C20H22N2O5/c1-24-15-7-8-18(19(11-15)25-2)21-20(23)14-22(12-16-5-3-9-26-16)13-17-6-4-10-27-17/h3-11H,12-14H2,1-2H3,(H,21,23). The van der Waals surface area contributed by atoms with Crippen LogP contribution < -0.4 is 14.8 Å². The van der Waals surface area contributed by atoms with Crippen molar-refractivity contribution >= 4 is 11.6 Å². The Kier molecular flexibility index (Phi) is 6.17. The lowest BCUT2D eigenvalue weighted by atomic mass is 10.2. The summed E-state index contributed by atoms with van der Waals surface area (Å²) in [6.45, 7) is 1.14. The molecule has 0 radical (unpaired) electrons. The van der Waals surface area contributed by atoms with Crippen LogP contribution in [-0.2, 0) is 17.9 Å². The summed E-state index contributed by atoms with van der Waals surface area (Å²) in [6, 6.07) is 12.6. The Balaban J connectivity index is 1.68. The van der Waals surface area contributed by atoms with Crippen molar-refractivity contribution in [1.82, 2.24) is 4.90 Å². The minimum Gasteiger partial charge on any atom is -0.497 e. The van der Waals surface area contributed by atoms with Crippen LogP contribution in [0.2, 0.25) is 0 Å². The van der Waals surface area contributed by atoms with E-state index in [1.807, 2.05) is 29.2 Å². The van der Waals surface area contributed by atoms with Crippen LogP contribution in [0.15, 0.2) is 63.8 Å². The molecule has 0 unspecified atom stereocenters. The van der Waals surface area contributed by atoms with Crippen molar-refractivity contribution in [3.8, 4) is 11.5 Å². The number of hydrogen-bond acceptors (Lipinski definition) is 6. The van der Waals surface area contributed by atoms with E-state index < -0.39 is 0 Å². The molecule has 1 N–H and O–H groups in total. The Labute approximate surface area is 157 Å². The van der Waals surface area contributed by atoms with Crippen molar-refractivity contribution in [2.75, 3.05) is 26.1 Å². The molecule has 142 valence electrons. The van der Waals surface area contributed by atoms with Gasteiger partial charge in [-0.15, -0.1) is 0 Å². The van der Waals surface area contributed by atoms with Gasteiger partial charge < -0.3 is 23.6 Å². The molecule has 2 heterocycles. The van der Waals surface area contributed by atoms with Crippen molar-refractivity contribution in [1.29, 1.82) is 0 Å². The van der Waals surface area contributed by atoms with E-state index in [9.17, 15) is 4.79 Å². The van der Waals surface area contributed by atoms with Crippen molar-refractivity contribution < 1.29 is 23.1 Å². The molecule has 7 heteroatoms. The molecule has 0 aliphatic rings. The van der Waals surface area contributed by atoms with Gasteiger partial charge in [0.2, 0.25) is 5.91 Å². The lowest BCUT2D eigenvalue weighted by Crippen LogP contribution is -2.32. The molecule has 0 saturated carbocycles. The summed E-state index contributed by atoms with van der Waals surface area (Å²) in [7, 11) is 3.12. The maximum atomic E-state index is 12.6. The molecule has 1 aromatic carbocycles. The second-order valence-corrected chi connectivity index (χ2v) is 5.92. The minimum absolute atomic E-state index is 0.163. The lowest BCUT2D eigenvalue weighted by molar-refractivity contribution is -0.117. The fraction of sp³-hybridized carbons (Fsp3) is 0.250. The molecule has 0 saturated heterocycles. The highest BCUT2D eigenvalue weighted by atomic mass is 16.5. The Morgan fingerprint density at radius 2 is 1.67 bits per heavy atom. The zero-order chi connectivity index (χ0) is 19.1. The number of anilines is 1. The third-order valence-electron chi connectivity index (χ3n) is 3.97. The lowest BCUT2D eigenvalue weighted by Gasteiger charge is -2.20. The highest BCUT2D eigenvalue weighted by Crippen LogP contribution is 2.29. The van der Waals surface area contributed by atoms with Gasteiger partial charge in [-0.1, -0.05) is 0 Å². The number of carbonyl (C=O) groups excluding carboxylic acids is 1. The molecule has 0 aliphatic carbocycles. The second kappa shape index (κ2) is 8.95. The van der Waals surface area contributed by atoms with Gasteiger partial charge in [0, 0.05) is 6.07 Å². The predicted molar refractivity (Wildman–Crippen MR) is 99.7 cm³/mol. The van der Waals surface area contributed by atoms with Gasteiger partial charge in [0.25, 0.3) is 0 Å². The van der Waals surface area contributed by atoms with E-state index in [0.29, 0.717) is 30.3 Å². The SMILES string of the molecule is COc1ccc(NC(=O)CN(Cc2ccco2)Cc2ccco2)c(OC)c1. The maximum Gasteiger partial charge on any atom is 0.238 e. The highest BCUT2D eigenvalue weighted by molar-refractivity contribution is 5.93. The first-order valence-corrected chi connectivity index (χ1v) is 8.47. The van der Waals surface area contributed by atoms with Gasteiger partial charge in [-0.2, -0.15) is 0 Å². The van der Waals surface area contributed by atoms with E-state index in [1.165, 1.54) is 0 Å². The number of hydrogen-bond donors (Lipinski definition) is 1. The average molecular weight is 370 g/mol. The number of nitrogens with one attached hydrogen (secondary N) is 1. The third-order valence-corrected chi connectivity index (χ3v) is 3.97. The normalized spacial score (nSPS) is 10.8. The monoisotopic (exact) mass is 370 g/mol. The molecule has 0 atom stereocenters. The highest BCUT2D eigenvalue weighted by Gasteiger charge is 2.16. The van der Waals surface area contributed by atoms with Gasteiger partial charge >= 0.3 is 0 Å². The average Bonchev–Trinajstić information content (AvgIpc) is 3.36. The number of methoxy groups -OCH3 is 2. The summed E-state index contributed by atoms with van der Waals surface area (Å²) >= 11 is 0. The van der Waals surface area contributed by atoms with Crippen LogP contribution in [0.3, 0.4) is 0 Å². The maximum absolute atomic E-state index is 12.6. The smallest absolute Gasteiger partial charge is 0.238 e. The molecule has 1 amide bonds. The summed E-state index contributed by atoms with van der Waals surface area (Å²) < 4.78 is 21.3. The van der Waals surface area contributed by atoms with E-state index in [1.54, 1.807) is 44.9 Å². The predicted octanol–water partition coefficient (Wildman–Crippen LogP) is 3.53. The molecule has 0 fully saturated rings. The number of amides is 1. The summed E-state index contributed by atoms with van der Waals surface area (Å²) in [5.41, 5.74) is 0.583. The number of nitrogens with zero attached hydrogens (tertiary/aromatic N) is 1. The first-order valence-electron chi connectivity index (χ1n) is 8.47. The first kappa shape index (κ1) is 18.6. The Morgan fingerprint density at radius 1 is 1.00 bits per heavy atom. The fourth-order valence-electron chi connectivity index (χ4n) is 2.71. The van der Waals surface area contributed by atoms with Crippen molar-refractivity contribution in [3.05, 3.63) is 66.5 Å². The van der Waals surface area contributed by atoms with Crippen molar-refractivity contribution in [3.63, 3.8) is 0 Å². The van der Waals surface area contributed by atoms with E-state index in [4.69, 9.17) is 18.3 Å². The van der Waals surface area contributed by atoms with Crippen molar-refractivity contribution in [2.45, 2.75) is 13.1 Å². The number of ether oxygens (including phenoxy) is 2. The molecule has 7 nitrogen and oxygen atoms in total. The molecular weight excluding hydrogens is 348 g/mol. The third kappa shape index (κ3) is 5.15. The number of furan rings is 2. The molecule has 2 aromatic heterocycles. The molecule has 3 aromatic rings. The molecule has 0 spiro atoms. The van der Waals surface area contributed by atoms with Crippen LogP contribution in [0.4, 0.5) is 5.69 Å². The van der Waals surface area contributed by atoms with Crippen LogP contribution >= 0.6 is 0 Å². The largest absolute Gasteiger partial charge is 0.497 e. The number of carbonyl (C=O) groups is 1. The van der Waals surface area contributed by atoms with Gasteiger partial charge in [-0.05, 0) is 36.4 Å². The van der Waals surface area contributed by atoms with Gasteiger partial charge in [0.15, 0.2) is 0 Å². The Hall–Kier alpha value is -3.19. The summed E-state index contributed by atoms with van der Waals surface area (Å²) in [4.78, 5) is 14.5. The van der Waals surface area contributed by atoms with Crippen LogP contribution in [0.25, 0.3) is 0 Å². The van der Waals surface area contributed by atoms with Gasteiger partial charge in [-0.25, -0.2) is 0 Å². The fourth-order valence-corrected chi connectivity index (χ4v) is 2.71. The zero-order valence-corrected chi connectivity index (χ0v) is 15.3. The van der Waals surface area contributed by atoms with E-state index in [-0.39, 0.29) is 12.5 Å². The molecule has 27 heavy (non-hydrogen) atoms. The van der Waals surface area contributed by atoms with Gasteiger partial charge in [-0.3, -0.25) is 9.69 Å². The second-order valence-electron chi connectivity index (χ2n) is 5.92. The summed E-state index contributed by atoms with van der Waals surface area (Å²) in [6.07, 6.45) is 3.23. The minimum atomic E-state index is -0.170. The Bertz CT molecular complexity index is 807. The molecular formula is C20H22N2O5. The zero-order valence-electron chi connectivity index (χ0n) is 15.3. The van der Waals surface area contributed by atoms with Crippen molar-refractivity contribution in [2.24, 2.45) is 0 Å². The molecule has 0 aliphatic heterocycles. The van der Waals surface area contributed by atoms with E-state index >= 15 is 0 Å². The summed E-state index contributed by atoms with van der Waals surface area (Å²) in [5.74, 6) is 2.57. The molecule has 0 bridgehead atoms. The number of benzene rings is 1. The van der Waals surface area contributed by atoms with E-state index in [2.05, 4.69) is 5.32 Å². The number of rotatable bonds is 9. The van der Waals surface area contributed by atoms with Crippen LogP contribution in [0.5, 0.6) is 11.5 Å². The first-order chi connectivity index (χ1) is 13.2. The quantitative estimate of drug-likeness (QED) is 0.621. The summed E-state index contributed by atoms with van der Waals surface area (Å²) in [5, 5.41) is 2.88. The van der Waals surface area contributed by atoms with Crippen LogP contribution in [0.1, 0.15) is 11.5 Å².